The van der Waals surface area contributed by atoms with Crippen molar-refractivity contribution in [2.75, 3.05) is 0 Å². The molecule has 4 nitrogen and oxygen atoms in total. The number of furan rings is 1. The van der Waals surface area contributed by atoms with Gasteiger partial charge in [-0.15, -0.1) is 0 Å². The number of hydrogen-bond donors (Lipinski definition) is 0. The number of hydrogen-bond acceptors (Lipinski definition) is 4. The normalized spacial score (nSPS) is 11.5. The zero-order valence-electron chi connectivity index (χ0n) is 30.8. The predicted molar refractivity (Wildman–Crippen MR) is 235 cm³/mol. The fourth-order valence-electron chi connectivity index (χ4n) is 8.01. The van der Waals surface area contributed by atoms with Crippen molar-refractivity contribution in [2.24, 2.45) is 0 Å². The van der Waals surface area contributed by atoms with E-state index in [1.165, 1.54) is 21.9 Å². The molecule has 0 aliphatic rings. The Balaban J connectivity index is 1.01. The van der Waals surface area contributed by atoms with Crippen LogP contribution in [0.3, 0.4) is 0 Å². The van der Waals surface area contributed by atoms with Gasteiger partial charge in [-0.05, 0) is 79.2 Å². The van der Waals surface area contributed by atoms with Gasteiger partial charge >= 0.3 is 0 Å². The van der Waals surface area contributed by atoms with E-state index >= 15 is 0 Å². The van der Waals surface area contributed by atoms with Crippen molar-refractivity contribution >= 4 is 43.5 Å². The first-order valence-electron chi connectivity index (χ1n) is 19.2. The Morgan fingerprint density at radius 2 is 0.754 bits per heavy atom. The van der Waals surface area contributed by atoms with Gasteiger partial charge in [0.25, 0.3) is 0 Å². The predicted octanol–water partition coefficient (Wildman–Crippen LogP) is 14.1. The molecule has 0 saturated heterocycles. The average Bonchev–Trinajstić information content (AvgIpc) is 3.67. The minimum Gasteiger partial charge on any atom is -0.456 e. The molecule has 0 fully saturated rings. The van der Waals surface area contributed by atoms with Crippen LogP contribution in [0.25, 0.3) is 111 Å². The van der Waals surface area contributed by atoms with Crippen molar-refractivity contribution in [2.45, 2.75) is 0 Å². The molecule has 266 valence electrons. The minimum atomic E-state index is 0.594. The lowest BCUT2D eigenvalue weighted by atomic mass is 9.96. The summed E-state index contributed by atoms with van der Waals surface area (Å²) >= 11 is 0. The van der Waals surface area contributed by atoms with E-state index in [1.807, 2.05) is 36.4 Å². The number of rotatable bonds is 6. The largest absolute Gasteiger partial charge is 0.456 e. The van der Waals surface area contributed by atoms with Crippen LogP contribution in [0, 0.1) is 0 Å². The lowest BCUT2D eigenvalue weighted by Crippen LogP contribution is -2.00. The third-order valence-electron chi connectivity index (χ3n) is 10.9. The van der Waals surface area contributed by atoms with Crippen LogP contribution in [0.4, 0.5) is 0 Å². The van der Waals surface area contributed by atoms with Crippen LogP contribution in [0.2, 0.25) is 0 Å². The van der Waals surface area contributed by atoms with Crippen LogP contribution < -0.4 is 0 Å². The Kier molecular flexibility index (Phi) is 7.78. The summed E-state index contributed by atoms with van der Waals surface area (Å²) in [4.78, 5) is 15.3. The van der Waals surface area contributed by atoms with E-state index in [0.717, 1.165) is 71.7 Å². The molecule has 0 N–H and O–H groups in total. The number of fused-ring (bicyclic) bond motifs is 6. The van der Waals surface area contributed by atoms with Gasteiger partial charge in [-0.3, -0.25) is 0 Å². The van der Waals surface area contributed by atoms with Gasteiger partial charge in [-0.25, -0.2) is 15.0 Å². The topological polar surface area (TPSA) is 51.8 Å². The molecule has 0 amide bonds. The van der Waals surface area contributed by atoms with E-state index in [4.69, 9.17) is 19.4 Å². The van der Waals surface area contributed by atoms with Gasteiger partial charge in [0, 0.05) is 27.5 Å². The molecule has 0 atom stereocenters. The fourth-order valence-corrected chi connectivity index (χ4v) is 8.01. The smallest absolute Gasteiger partial charge is 0.164 e. The SMILES string of the molecule is c1ccc(-c2ccc(-c3nc(-c4ccccc4)nc(-c4cc5oc6cc(-c7ccc(-c8ccc9ccccc9c8)cc7)ccc6c5c5ccccc45)n3)cc2)cc1. The van der Waals surface area contributed by atoms with E-state index in [2.05, 4.69) is 164 Å². The number of aromatic nitrogens is 3. The molecule has 0 aliphatic heterocycles. The van der Waals surface area contributed by atoms with Crippen LogP contribution in [0.5, 0.6) is 0 Å². The van der Waals surface area contributed by atoms with Crippen molar-refractivity contribution in [3.05, 3.63) is 200 Å². The molecule has 0 spiro atoms. The third kappa shape index (κ3) is 5.92. The molecule has 9 aromatic carbocycles. The maximum absolute atomic E-state index is 6.73. The molecular formula is C53H33N3O. The first-order chi connectivity index (χ1) is 28.2. The van der Waals surface area contributed by atoms with Gasteiger partial charge in [0.05, 0.1) is 0 Å². The van der Waals surface area contributed by atoms with Gasteiger partial charge in [0.1, 0.15) is 11.2 Å². The zero-order chi connectivity index (χ0) is 37.7. The summed E-state index contributed by atoms with van der Waals surface area (Å²) in [6.45, 7) is 0. The fraction of sp³-hybridized carbons (Fsp3) is 0. The second-order valence-corrected chi connectivity index (χ2v) is 14.4. The van der Waals surface area contributed by atoms with Crippen molar-refractivity contribution in [3.8, 4) is 67.5 Å². The molecule has 57 heavy (non-hydrogen) atoms. The van der Waals surface area contributed by atoms with E-state index in [-0.39, 0.29) is 0 Å². The molecule has 0 saturated carbocycles. The van der Waals surface area contributed by atoms with Crippen LogP contribution in [-0.4, -0.2) is 15.0 Å². The molecule has 0 radical (unpaired) electrons. The Morgan fingerprint density at radius 3 is 1.46 bits per heavy atom. The van der Waals surface area contributed by atoms with Crippen molar-refractivity contribution < 1.29 is 4.42 Å². The summed E-state index contributed by atoms with van der Waals surface area (Å²) in [5.41, 5.74) is 11.3. The lowest BCUT2D eigenvalue weighted by molar-refractivity contribution is 0.669. The molecule has 0 unspecified atom stereocenters. The molecule has 11 rings (SSSR count). The molecule has 11 aromatic rings. The molecular weight excluding hydrogens is 695 g/mol. The Hall–Kier alpha value is -7.69. The summed E-state index contributed by atoms with van der Waals surface area (Å²) < 4.78 is 6.73. The highest BCUT2D eigenvalue weighted by Crippen LogP contribution is 2.41. The van der Waals surface area contributed by atoms with Crippen LogP contribution >= 0.6 is 0 Å². The van der Waals surface area contributed by atoms with E-state index < -0.39 is 0 Å². The van der Waals surface area contributed by atoms with Gasteiger partial charge in [0.2, 0.25) is 0 Å². The van der Waals surface area contributed by atoms with Gasteiger partial charge < -0.3 is 4.42 Å². The number of nitrogens with zero attached hydrogens (tertiary/aromatic N) is 3. The Labute approximate surface area is 329 Å². The summed E-state index contributed by atoms with van der Waals surface area (Å²) in [6, 6.07) is 69.9. The monoisotopic (exact) mass is 727 g/mol. The zero-order valence-corrected chi connectivity index (χ0v) is 30.8. The van der Waals surface area contributed by atoms with Crippen LogP contribution in [-0.2, 0) is 0 Å². The van der Waals surface area contributed by atoms with Crippen molar-refractivity contribution in [1.82, 2.24) is 15.0 Å². The molecule has 2 heterocycles. The highest BCUT2D eigenvalue weighted by Gasteiger charge is 2.19. The molecule has 2 aromatic heterocycles. The second kappa shape index (κ2) is 13.6. The quantitative estimate of drug-likeness (QED) is 0.171. The first kappa shape index (κ1) is 32.7. The van der Waals surface area contributed by atoms with Crippen molar-refractivity contribution in [3.63, 3.8) is 0 Å². The van der Waals surface area contributed by atoms with Crippen molar-refractivity contribution in [1.29, 1.82) is 0 Å². The van der Waals surface area contributed by atoms with Gasteiger partial charge in [-0.1, -0.05) is 176 Å². The molecule has 4 heteroatoms. The highest BCUT2D eigenvalue weighted by molar-refractivity contribution is 6.22. The summed E-state index contributed by atoms with van der Waals surface area (Å²) in [6.07, 6.45) is 0. The van der Waals surface area contributed by atoms with E-state index in [9.17, 15) is 0 Å². The second-order valence-electron chi connectivity index (χ2n) is 14.4. The summed E-state index contributed by atoms with van der Waals surface area (Å²) in [7, 11) is 0. The third-order valence-corrected chi connectivity index (χ3v) is 10.9. The summed E-state index contributed by atoms with van der Waals surface area (Å²) in [5, 5.41) is 6.78. The Bertz CT molecular complexity index is 3260. The maximum Gasteiger partial charge on any atom is 0.164 e. The highest BCUT2D eigenvalue weighted by atomic mass is 16.3. The van der Waals surface area contributed by atoms with Gasteiger partial charge in [-0.2, -0.15) is 0 Å². The Morgan fingerprint density at radius 1 is 0.281 bits per heavy atom. The van der Waals surface area contributed by atoms with E-state index in [0.29, 0.717) is 17.5 Å². The lowest BCUT2D eigenvalue weighted by Gasteiger charge is -2.11. The molecule has 0 aliphatic carbocycles. The average molecular weight is 728 g/mol. The van der Waals surface area contributed by atoms with E-state index in [1.54, 1.807) is 0 Å². The first-order valence-corrected chi connectivity index (χ1v) is 19.2. The minimum absolute atomic E-state index is 0.594. The summed E-state index contributed by atoms with van der Waals surface area (Å²) in [5.74, 6) is 1.83. The van der Waals surface area contributed by atoms with Crippen LogP contribution in [0.15, 0.2) is 205 Å². The number of benzene rings is 9. The van der Waals surface area contributed by atoms with Gasteiger partial charge in [0.15, 0.2) is 17.5 Å². The maximum atomic E-state index is 6.73. The van der Waals surface area contributed by atoms with Crippen LogP contribution in [0.1, 0.15) is 0 Å². The molecule has 0 bridgehead atoms. The standard InChI is InChI=1S/C53H33N3O/c1-3-11-34(12-4-1)36-23-26-40(27-24-36)52-54-51(39-14-5-2-6-15-39)55-53(56-52)47-33-49-50(45-18-10-9-17-44(45)47)46-30-29-43(32-48(46)57-49)38-21-19-37(20-22-38)42-28-25-35-13-7-8-16-41(35)31-42/h1-33H.